The highest BCUT2D eigenvalue weighted by Crippen LogP contribution is 2.34. The second kappa shape index (κ2) is 15.6. The topological polar surface area (TPSA) is 105 Å². The van der Waals surface area contributed by atoms with Crippen LogP contribution in [0.15, 0.2) is 102 Å². The van der Waals surface area contributed by atoms with E-state index in [4.69, 9.17) is 9.47 Å². The van der Waals surface area contributed by atoms with E-state index in [2.05, 4.69) is 5.32 Å². The minimum atomic E-state index is -4.33. The summed E-state index contributed by atoms with van der Waals surface area (Å²) in [5.74, 6) is -1.10. The van der Waals surface area contributed by atoms with Gasteiger partial charge in [-0.3, -0.25) is 13.9 Å². The lowest BCUT2D eigenvalue weighted by molar-refractivity contribution is -0.140. The van der Waals surface area contributed by atoms with E-state index in [9.17, 15) is 18.0 Å². The lowest BCUT2D eigenvalue weighted by Gasteiger charge is -2.34. The summed E-state index contributed by atoms with van der Waals surface area (Å²) in [6.45, 7) is 4.46. The summed E-state index contributed by atoms with van der Waals surface area (Å²) < 4.78 is 55.3. The van der Waals surface area contributed by atoms with E-state index < -0.39 is 40.2 Å². The molecule has 0 aliphatic heterocycles. The lowest BCUT2D eigenvalue weighted by Crippen LogP contribution is -2.54. The van der Waals surface area contributed by atoms with Gasteiger partial charge < -0.3 is 19.7 Å². The average molecular weight is 662 g/mol. The molecule has 47 heavy (non-hydrogen) atoms. The molecule has 11 heteroatoms. The Kier molecular flexibility index (Phi) is 11.6. The summed E-state index contributed by atoms with van der Waals surface area (Å²) >= 11 is 0. The summed E-state index contributed by atoms with van der Waals surface area (Å²) in [7, 11) is -1.46. The number of halogens is 1. The SMILES string of the molecule is COc1ccc(N(CC(=O)N(Cc2ccccc2F)[C@H](Cc2ccccc2)C(=O)NC(C)C)S(=O)(=O)c2ccc(C)cc2)cc1OC. The van der Waals surface area contributed by atoms with Crippen molar-refractivity contribution < 1.29 is 31.9 Å². The highest BCUT2D eigenvalue weighted by atomic mass is 32.2. The average Bonchev–Trinajstić information content (AvgIpc) is 3.05. The fourth-order valence-electron chi connectivity index (χ4n) is 5.09. The van der Waals surface area contributed by atoms with Crippen molar-refractivity contribution in [2.45, 2.75) is 50.7 Å². The molecule has 0 spiro atoms. The number of nitrogens with one attached hydrogen (secondary N) is 1. The molecule has 0 fully saturated rings. The smallest absolute Gasteiger partial charge is 0.264 e. The van der Waals surface area contributed by atoms with Crippen molar-refractivity contribution >= 4 is 27.5 Å². The van der Waals surface area contributed by atoms with Gasteiger partial charge in [0, 0.05) is 30.6 Å². The van der Waals surface area contributed by atoms with Gasteiger partial charge in [-0.15, -0.1) is 0 Å². The predicted molar refractivity (Wildman–Crippen MR) is 179 cm³/mol. The van der Waals surface area contributed by atoms with Gasteiger partial charge in [-0.25, -0.2) is 12.8 Å². The second-order valence-corrected chi connectivity index (χ2v) is 13.2. The normalized spacial score (nSPS) is 11.9. The maximum atomic E-state index is 15.1. The third-order valence-corrected chi connectivity index (χ3v) is 9.33. The highest BCUT2D eigenvalue weighted by molar-refractivity contribution is 7.92. The van der Waals surface area contributed by atoms with Crippen LogP contribution in [-0.2, 0) is 32.6 Å². The molecule has 0 radical (unpaired) electrons. The molecule has 0 unspecified atom stereocenters. The Morgan fingerprint density at radius 1 is 0.851 bits per heavy atom. The number of rotatable bonds is 14. The van der Waals surface area contributed by atoms with Crippen LogP contribution in [0.5, 0.6) is 11.5 Å². The Morgan fingerprint density at radius 2 is 1.49 bits per heavy atom. The number of carbonyl (C=O) groups is 2. The molecule has 4 aromatic carbocycles. The highest BCUT2D eigenvalue weighted by Gasteiger charge is 2.35. The van der Waals surface area contributed by atoms with E-state index in [0.717, 1.165) is 15.4 Å². The van der Waals surface area contributed by atoms with E-state index >= 15 is 4.39 Å². The number of amides is 2. The van der Waals surface area contributed by atoms with Crippen molar-refractivity contribution in [1.82, 2.24) is 10.2 Å². The van der Waals surface area contributed by atoms with Crippen LogP contribution in [0.1, 0.15) is 30.5 Å². The van der Waals surface area contributed by atoms with Crippen LogP contribution in [0, 0.1) is 12.7 Å². The first-order valence-corrected chi connectivity index (χ1v) is 16.6. The molecular formula is C36H40FN3O6S. The number of aryl methyl sites for hydroxylation is 1. The molecule has 0 saturated carbocycles. The van der Waals surface area contributed by atoms with Crippen LogP contribution in [0.2, 0.25) is 0 Å². The monoisotopic (exact) mass is 661 g/mol. The first kappa shape index (κ1) is 35.0. The molecule has 1 atom stereocenters. The zero-order valence-corrected chi connectivity index (χ0v) is 28.0. The number of nitrogens with zero attached hydrogens (tertiary/aromatic N) is 2. The zero-order chi connectivity index (χ0) is 34.1. The van der Waals surface area contributed by atoms with Gasteiger partial charge in [0.15, 0.2) is 11.5 Å². The maximum absolute atomic E-state index is 15.1. The van der Waals surface area contributed by atoms with Crippen LogP contribution < -0.4 is 19.1 Å². The van der Waals surface area contributed by atoms with Gasteiger partial charge in [0.25, 0.3) is 10.0 Å². The van der Waals surface area contributed by atoms with Crippen molar-refractivity contribution in [3.63, 3.8) is 0 Å². The molecule has 0 bridgehead atoms. The summed E-state index contributed by atoms with van der Waals surface area (Å²) in [6.07, 6.45) is 0.112. The van der Waals surface area contributed by atoms with Crippen molar-refractivity contribution in [2.75, 3.05) is 25.1 Å². The van der Waals surface area contributed by atoms with E-state index in [1.165, 1.54) is 61.6 Å². The third-order valence-electron chi connectivity index (χ3n) is 7.54. The predicted octanol–water partition coefficient (Wildman–Crippen LogP) is 5.51. The molecule has 248 valence electrons. The number of benzene rings is 4. The molecule has 0 saturated heterocycles. The lowest BCUT2D eigenvalue weighted by atomic mass is 10.0. The van der Waals surface area contributed by atoms with Crippen LogP contribution in [0.4, 0.5) is 10.1 Å². The number of anilines is 1. The fourth-order valence-corrected chi connectivity index (χ4v) is 6.50. The Hall–Kier alpha value is -4.90. The summed E-state index contributed by atoms with van der Waals surface area (Å²) in [5.41, 5.74) is 1.93. The van der Waals surface area contributed by atoms with Crippen LogP contribution in [-0.4, -0.2) is 58.0 Å². The summed E-state index contributed by atoms with van der Waals surface area (Å²) in [4.78, 5) is 29.5. The van der Waals surface area contributed by atoms with Crippen LogP contribution in [0.3, 0.4) is 0 Å². The van der Waals surface area contributed by atoms with Crippen LogP contribution >= 0.6 is 0 Å². The Bertz CT molecular complexity index is 1780. The van der Waals surface area contributed by atoms with E-state index in [1.54, 1.807) is 38.1 Å². The standard InChI is InChI=1S/C36H40FN3O6S/c1-25(2)38-36(42)32(21-27-11-7-6-8-12-27)39(23-28-13-9-10-14-31(28)37)35(41)24-40(29-17-20-33(45-4)34(22-29)46-5)47(43,44)30-18-15-26(3)16-19-30/h6-20,22,25,32H,21,23-24H2,1-5H3,(H,38,42)/t32-/m1/s1. The third kappa shape index (κ3) is 8.68. The fraction of sp³-hybridized carbons (Fsp3) is 0.278. The Labute approximate surface area is 276 Å². The van der Waals surface area contributed by atoms with Gasteiger partial charge in [-0.1, -0.05) is 66.2 Å². The minimum absolute atomic E-state index is 0.0373. The summed E-state index contributed by atoms with van der Waals surface area (Å²) in [5, 5.41) is 2.88. The molecule has 0 aliphatic rings. The Morgan fingerprint density at radius 3 is 2.11 bits per heavy atom. The van der Waals surface area contributed by atoms with Gasteiger partial charge in [-0.05, 0) is 56.7 Å². The van der Waals surface area contributed by atoms with Crippen molar-refractivity contribution in [1.29, 1.82) is 0 Å². The molecule has 0 heterocycles. The Balaban J connectivity index is 1.85. The van der Waals surface area contributed by atoms with Crippen molar-refractivity contribution in [2.24, 2.45) is 0 Å². The molecule has 1 N–H and O–H groups in total. The van der Waals surface area contributed by atoms with Crippen LogP contribution in [0.25, 0.3) is 0 Å². The van der Waals surface area contributed by atoms with Gasteiger partial charge in [0.1, 0.15) is 18.4 Å². The summed E-state index contributed by atoms with van der Waals surface area (Å²) in [6, 6.07) is 24.6. The molecule has 9 nitrogen and oxygen atoms in total. The van der Waals surface area contributed by atoms with Gasteiger partial charge in [0.2, 0.25) is 11.8 Å². The van der Waals surface area contributed by atoms with Gasteiger partial charge in [-0.2, -0.15) is 0 Å². The number of methoxy groups -OCH3 is 2. The van der Waals surface area contributed by atoms with E-state index in [-0.39, 0.29) is 40.9 Å². The minimum Gasteiger partial charge on any atom is -0.493 e. The molecular weight excluding hydrogens is 621 g/mol. The molecule has 0 aliphatic carbocycles. The molecule has 0 aromatic heterocycles. The zero-order valence-electron chi connectivity index (χ0n) is 27.1. The molecule has 4 aromatic rings. The number of hydrogen-bond donors (Lipinski definition) is 1. The van der Waals surface area contributed by atoms with Gasteiger partial charge >= 0.3 is 0 Å². The second-order valence-electron chi connectivity index (χ2n) is 11.3. The number of ether oxygens (including phenoxy) is 2. The van der Waals surface area contributed by atoms with Gasteiger partial charge in [0.05, 0.1) is 24.8 Å². The van der Waals surface area contributed by atoms with E-state index in [0.29, 0.717) is 5.75 Å². The molecule has 4 rings (SSSR count). The number of hydrogen-bond acceptors (Lipinski definition) is 6. The first-order chi connectivity index (χ1) is 22.4. The van der Waals surface area contributed by atoms with Crippen molar-refractivity contribution in [3.05, 3.63) is 120 Å². The van der Waals surface area contributed by atoms with Crippen molar-refractivity contribution in [3.8, 4) is 11.5 Å². The molecule has 2 amide bonds. The maximum Gasteiger partial charge on any atom is 0.264 e. The number of sulfonamides is 1. The number of carbonyl (C=O) groups excluding carboxylic acids is 2. The van der Waals surface area contributed by atoms with E-state index in [1.807, 2.05) is 37.3 Å². The first-order valence-electron chi connectivity index (χ1n) is 15.1. The largest absolute Gasteiger partial charge is 0.493 e. The quantitative estimate of drug-likeness (QED) is 0.191.